The van der Waals surface area contributed by atoms with Crippen molar-refractivity contribution in [3.05, 3.63) is 29.8 Å². The summed E-state index contributed by atoms with van der Waals surface area (Å²) in [6.45, 7) is 4.46. The molecular weight excluding hydrogens is 264 g/mol. The number of nitrogens with zero attached hydrogens (tertiary/aromatic N) is 1. The molecule has 1 amide bonds. The Kier molecular flexibility index (Phi) is 4.15. The van der Waals surface area contributed by atoms with Crippen LogP contribution < -0.4 is 5.73 Å². The van der Waals surface area contributed by atoms with Crippen LogP contribution in [0.15, 0.2) is 24.3 Å². The smallest absolute Gasteiger partial charge is 0.230 e. The predicted octanol–water partition coefficient (Wildman–Crippen LogP) is 2.40. The molecule has 1 aliphatic carbocycles. The van der Waals surface area contributed by atoms with Gasteiger partial charge in [-0.25, -0.2) is 0 Å². The van der Waals surface area contributed by atoms with Crippen molar-refractivity contribution in [2.75, 3.05) is 25.5 Å². The first-order valence-electron chi connectivity index (χ1n) is 7.89. The summed E-state index contributed by atoms with van der Waals surface area (Å²) in [6, 6.07) is 8.12. The molecule has 2 unspecified atom stereocenters. The van der Waals surface area contributed by atoms with E-state index in [1.165, 1.54) is 0 Å². The molecule has 4 heteroatoms. The summed E-state index contributed by atoms with van der Waals surface area (Å²) in [4.78, 5) is 15.0. The molecule has 2 N–H and O–H groups in total. The first kappa shape index (κ1) is 14.4. The van der Waals surface area contributed by atoms with Gasteiger partial charge in [0.25, 0.3) is 0 Å². The van der Waals surface area contributed by atoms with Gasteiger partial charge in [0.2, 0.25) is 5.91 Å². The second-order valence-corrected chi connectivity index (χ2v) is 6.34. The van der Waals surface area contributed by atoms with Gasteiger partial charge >= 0.3 is 0 Å². The first-order chi connectivity index (χ1) is 10.1. The summed E-state index contributed by atoms with van der Waals surface area (Å²) >= 11 is 0. The minimum Gasteiger partial charge on any atom is -0.399 e. The van der Waals surface area contributed by atoms with Crippen molar-refractivity contribution in [3.63, 3.8) is 0 Å². The number of benzene rings is 1. The molecule has 2 aliphatic rings. The lowest BCUT2D eigenvalue weighted by atomic mass is 9.98. The van der Waals surface area contributed by atoms with Crippen LogP contribution in [0.4, 0.5) is 5.69 Å². The Morgan fingerprint density at radius 1 is 1.43 bits per heavy atom. The molecule has 0 spiro atoms. The second-order valence-electron chi connectivity index (χ2n) is 6.34. The van der Waals surface area contributed by atoms with Crippen LogP contribution in [0.1, 0.15) is 37.7 Å². The highest BCUT2D eigenvalue weighted by Gasteiger charge is 2.36. The fraction of sp³-hybridized carbons (Fsp3) is 0.588. The topological polar surface area (TPSA) is 55.6 Å². The molecule has 1 aliphatic heterocycles. The molecule has 3 rings (SSSR count). The van der Waals surface area contributed by atoms with Gasteiger partial charge in [0.15, 0.2) is 0 Å². The highest BCUT2D eigenvalue weighted by Crippen LogP contribution is 2.32. The molecule has 2 fully saturated rings. The number of nitrogen functional groups attached to an aromatic ring is 1. The standard InChI is InChI=1S/C17H24N2O2/c1-12(14-3-2-4-15(18)9-14)17(20)19(16-5-6-16)10-13-7-8-21-11-13/h2-4,9,12-13,16H,5-8,10-11,18H2,1H3. The fourth-order valence-electron chi connectivity index (χ4n) is 3.03. The average Bonchev–Trinajstić information content (AvgIpc) is 3.20. The number of hydrogen-bond acceptors (Lipinski definition) is 3. The van der Waals surface area contributed by atoms with Crippen LogP contribution >= 0.6 is 0 Å². The zero-order valence-corrected chi connectivity index (χ0v) is 12.6. The molecule has 1 heterocycles. The molecule has 1 aromatic rings. The lowest BCUT2D eigenvalue weighted by molar-refractivity contribution is -0.133. The van der Waals surface area contributed by atoms with Gasteiger partial charge in [0.05, 0.1) is 12.5 Å². The van der Waals surface area contributed by atoms with E-state index >= 15 is 0 Å². The monoisotopic (exact) mass is 288 g/mol. The van der Waals surface area contributed by atoms with Gasteiger partial charge in [-0.2, -0.15) is 0 Å². The van der Waals surface area contributed by atoms with Gasteiger partial charge in [-0.05, 0) is 43.9 Å². The number of carbonyl (C=O) groups is 1. The van der Waals surface area contributed by atoms with Crippen molar-refractivity contribution in [2.24, 2.45) is 5.92 Å². The lowest BCUT2D eigenvalue weighted by Gasteiger charge is -2.28. The van der Waals surface area contributed by atoms with Gasteiger partial charge in [0, 0.05) is 30.8 Å². The second kappa shape index (κ2) is 6.06. The Bertz CT molecular complexity index is 507. The van der Waals surface area contributed by atoms with E-state index in [0.29, 0.717) is 17.6 Å². The Balaban J connectivity index is 1.70. The van der Waals surface area contributed by atoms with Gasteiger partial charge in [-0.1, -0.05) is 12.1 Å². The summed E-state index contributed by atoms with van der Waals surface area (Å²) in [6.07, 6.45) is 3.36. The molecular formula is C17H24N2O2. The third-order valence-corrected chi connectivity index (χ3v) is 4.53. The summed E-state index contributed by atoms with van der Waals surface area (Å²) in [7, 11) is 0. The van der Waals surface area contributed by atoms with E-state index in [1.54, 1.807) is 0 Å². The van der Waals surface area contributed by atoms with Crippen molar-refractivity contribution >= 4 is 11.6 Å². The molecule has 114 valence electrons. The third kappa shape index (κ3) is 3.38. The SMILES string of the molecule is CC(C(=O)N(CC1CCOC1)C1CC1)c1cccc(N)c1. The quantitative estimate of drug-likeness (QED) is 0.846. The summed E-state index contributed by atoms with van der Waals surface area (Å²) in [5, 5.41) is 0. The van der Waals surface area contributed by atoms with E-state index in [0.717, 1.165) is 44.6 Å². The normalized spacial score (nSPS) is 23.0. The maximum absolute atomic E-state index is 12.9. The molecule has 2 atom stereocenters. The number of anilines is 1. The van der Waals surface area contributed by atoms with Crippen LogP contribution in [-0.2, 0) is 9.53 Å². The van der Waals surface area contributed by atoms with Crippen molar-refractivity contribution in [1.29, 1.82) is 0 Å². The van der Waals surface area contributed by atoms with E-state index in [-0.39, 0.29) is 11.8 Å². The Labute approximate surface area is 126 Å². The molecule has 21 heavy (non-hydrogen) atoms. The first-order valence-corrected chi connectivity index (χ1v) is 7.89. The maximum Gasteiger partial charge on any atom is 0.230 e. The van der Waals surface area contributed by atoms with Gasteiger partial charge in [-0.15, -0.1) is 0 Å². The molecule has 4 nitrogen and oxygen atoms in total. The van der Waals surface area contributed by atoms with E-state index in [4.69, 9.17) is 10.5 Å². The number of hydrogen-bond donors (Lipinski definition) is 1. The average molecular weight is 288 g/mol. The molecule has 0 bridgehead atoms. The van der Waals surface area contributed by atoms with Crippen LogP contribution in [0.3, 0.4) is 0 Å². The van der Waals surface area contributed by atoms with Crippen LogP contribution in [0.25, 0.3) is 0 Å². The summed E-state index contributed by atoms with van der Waals surface area (Å²) < 4.78 is 5.44. The minimum atomic E-state index is -0.128. The Hall–Kier alpha value is -1.55. The van der Waals surface area contributed by atoms with Gasteiger partial charge in [0.1, 0.15) is 0 Å². The molecule has 0 radical (unpaired) electrons. The van der Waals surface area contributed by atoms with E-state index in [1.807, 2.05) is 31.2 Å². The zero-order chi connectivity index (χ0) is 14.8. The number of amides is 1. The molecule has 1 saturated heterocycles. The number of rotatable bonds is 5. The minimum absolute atomic E-state index is 0.128. The van der Waals surface area contributed by atoms with E-state index < -0.39 is 0 Å². The van der Waals surface area contributed by atoms with Crippen molar-refractivity contribution < 1.29 is 9.53 Å². The highest BCUT2D eigenvalue weighted by molar-refractivity contribution is 5.84. The number of carbonyl (C=O) groups excluding carboxylic acids is 1. The van der Waals surface area contributed by atoms with Crippen LogP contribution in [-0.4, -0.2) is 36.6 Å². The van der Waals surface area contributed by atoms with E-state index in [9.17, 15) is 4.79 Å². The Morgan fingerprint density at radius 3 is 2.86 bits per heavy atom. The molecule has 1 saturated carbocycles. The van der Waals surface area contributed by atoms with Crippen molar-refractivity contribution in [3.8, 4) is 0 Å². The summed E-state index contributed by atoms with van der Waals surface area (Å²) in [5.74, 6) is 0.606. The van der Waals surface area contributed by atoms with Gasteiger partial charge in [-0.3, -0.25) is 4.79 Å². The largest absolute Gasteiger partial charge is 0.399 e. The Morgan fingerprint density at radius 2 is 2.24 bits per heavy atom. The molecule has 0 aromatic heterocycles. The van der Waals surface area contributed by atoms with Crippen LogP contribution in [0, 0.1) is 5.92 Å². The zero-order valence-electron chi connectivity index (χ0n) is 12.6. The van der Waals surface area contributed by atoms with Crippen LogP contribution in [0.5, 0.6) is 0 Å². The number of ether oxygens (including phenoxy) is 1. The third-order valence-electron chi connectivity index (χ3n) is 4.53. The molecule has 1 aromatic carbocycles. The van der Waals surface area contributed by atoms with Gasteiger partial charge < -0.3 is 15.4 Å². The lowest BCUT2D eigenvalue weighted by Crippen LogP contribution is -2.39. The van der Waals surface area contributed by atoms with Crippen molar-refractivity contribution in [2.45, 2.75) is 38.1 Å². The summed E-state index contributed by atoms with van der Waals surface area (Å²) in [5.41, 5.74) is 7.56. The van der Waals surface area contributed by atoms with Crippen LogP contribution in [0.2, 0.25) is 0 Å². The number of nitrogens with two attached hydrogens (primary N) is 1. The fourth-order valence-corrected chi connectivity index (χ4v) is 3.03. The van der Waals surface area contributed by atoms with Crippen molar-refractivity contribution in [1.82, 2.24) is 4.90 Å². The highest BCUT2D eigenvalue weighted by atomic mass is 16.5. The predicted molar refractivity (Wildman–Crippen MR) is 82.9 cm³/mol. The maximum atomic E-state index is 12.9. The van der Waals surface area contributed by atoms with E-state index in [2.05, 4.69) is 4.90 Å².